The van der Waals surface area contributed by atoms with E-state index in [0.717, 1.165) is 31.2 Å². The number of nitrogens with zero attached hydrogens (tertiary/aromatic N) is 1. The molecule has 164 valence electrons. The molecule has 1 aromatic rings. The fourth-order valence-electron chi connectivity index (χ4n) is 3.40. The number of benzene rings is 1. The topological polar surface area (TPSA) is 44.7 Å². The zero-order valence-corrected chi connectivity index (χ0v) is 21.2. The molecule has 0 aromatic heterocycles. The molecular weight excluding hydrogens is 401 g/mol. The molecule has 0 aliphatic heterocycles. The molecule has 0 spiro atoms. The van der Waals surface area contributed by atoms with Crippen molar-refractivity contribution in [3.63, 3.8) is 0 Å². The highest BCUT2D eigenvalue weighted by molar-refractivity contribution is 7.91. The maximum Gasteiger partial charge on any atom is 0.192 e. The lowest BCUT2D eigenvalue weighted by molar-refractivity contribution is 0.121. The molecule has 1 unspecified atom stereocenters. The maximum absolute atomic E-state index is 13.5. The summed E-state index contributed by atoms with van der Waals surface area (Å²) < 4.78 is 36.7. The predicted molar refractivity (Wildman–Crippen MR) is 125 cm³/mol. The Morgan fingerprint density at radius 2 is 1.62 bits per heavy atom. The van der Waals surface area contributed by atoms with Crippen LogP contribution < -0.4 is 0 Å². The van der Waals surface area contributed by atoms with Gasteiger partial charge in [0.25, 0.3) is 0 Å². The summed E-state index contributed by atoms with van der Waals surface area (Å²) in [7, 11) is -1.82. The van der Waals surface area contributed by atoms with E-state index in [4.69, 9.17) is 4.43 Å². The largest absolute Gasteiger partial charge is 0.591 e. The number of halogens is 1. The molecule has 1 atom stereocenters. The Balaban J connectivity index is 2.23. The minimum Gasteiger partial charge on any atom is -0.591 e. The van der Waals surface area contributed by atoms with Crippen molar-refractivity contribution in [2.75, 3.05) is 0 Å². The third-order valence-corrected chi connectivity index (χ3v) is 12.3. The van der Waals surface area contributed by atoms with E-state index in [9.17, 15) is 8.94 Å². The Kier molecular flexibility index (Phi) is 7.47. The molecule has 2 rings (SSSR count). The Hall–Kier alpha value is -0.693. The quantitative estimate of drug-likeness (QED) is 0.296. The van der Waals surface area contributed by atoms with Gasteiger partial charge in [-0.2, -0.15) is 0 Å². The third kappa shape index (κ3) is 6.15. The summed E-state index contributed by atoms with van der Waals surface area (Å²) in [6.45, 7) is 17.2. The third-order valence-electron chi connectivity index (χ3n) is 6.43. The van der Waals surface area contributed by atoms with Gasteiger partial charge in [0, 0.05) is 11.5 Å². The van der Waals surface area contributed by atoms with Gasteiger partial charge in [0.05, 0.1) is 6.21 Å². The number of hydrogen-bond donors (Lipinski definition) is 0. The first kappa shape index (κ1) is 24.6. The van der Waals surface area contributed by atoms with Crippen molar-refractivity contribution < 1.29 is 13.4 Å². The number of hydrogen-bond acceptors (Lipinski definition) is 3. The lowest BCUT2D eigenvalue weighted by atomic mass is 9.69. The molecule has 1 fully saturated rings. The fourth-order valence-corrected chi connectivity index (χ4v) is 5.44. The maximum atomic E-state index is 13.5. The molecule has 1 aromatic carbocycles. The van der Waals surface area contributed by atoms with E-state index < -0.39 is 24.4 Å². The highest BCUT2D eigenvalue weighted by atomic mass is 32.2. The number of rotatable bonds is 5. The smallest absolute Gasteiger partial charge is 0.192 e. The van der Waals surface area contributed by atoms with Crippen molar-refractivity contribution in [1.29, 1.82) is 0 Å². The van der Waals surface area contributed by atoms with Crippen molar-refractivity contribution in [2.24, 2.45) is 4.40 Å². The van der Waals surface area contributed by atoms with Crippen LogP contribution in [0.25, 0.3) is 0 Å². The standard InChI is InChI=1S/C23H38FNO2SSi/c1-21(2,3)28(26)25-17-23(18-9-11-19(24)12-10-18)15-13-20(14-16-23)27-29(7,8)22(4,5)6/h9-12,17,20H,13-16H2,1-8H3/b25-17-. The van der Waals surface area contributed by atoms with Gasteiger partial charge in [-0.05, 0) is 82.3 Å². The highest BCUT2D eigenvalue weighted by Gasteiger charge is 2.43. The second kappa shape index (κ2) is 8.81. The fraction of sp³-hybridized carbons (Fsp3) is 0.696. The van der Waals surface area contributed by atoms with Gasteiger partial charge in [-0.1, -0.05) is 37.3 Å². The van der Waals surface area contributed by atoms with Crippen LogP contribution in [0.4, 0.5) is 4.39 Å². The van der Waals surface area contributed by atoms with E-state index in [2.05, 4.69) is 38.3 Å². The van der Waals surface area contributed by atoms with Crippen LogP contribution in [0.5, 0.6) is 0 Å². The second-order valence-electron chi connectivity index (χ2n) is 10.8. The normalized spacial score (nSPS) is 25.4. The first-order chi connectivity index (χ1) is 13.2. The molecule has 1 aliphatic carbocycles. The van der Waals surface area contributed by atoms with Crippen LogP contribution >= 0.6 is 0 Å². The molecule has 0 saturated heterocycles. The minimum atomic E-state index is -1.82. The van der Waals surface area contributed by atoms with E-state index in [1.807, 2.05) is 39.1 Å². The SMILES string of the molecule is CC(C)(C)[S+]([O-])/N=C\C1(c2ccc(F)cc2)CCC(O[Si](C)(C)C(C)(C)C)CC1. The Bertz CT molecular complexity index is 699. The summed E-state index contributed by atoms with van der Waals surface area (Å²) in [5.41, 5.74) is 0.723. The summed E-state index contributed by atoms with van der Waals surface area (Å²) in [5, 5.41) is 0.184. The van der Waals surface area contributed by atoms with Gasteiger partial charge in [-0.25, -0.2) is 4.39 Å². The van der Waals surface area contributed by atoms with Gasteiger partial charge in [-0.3, -0.25) is 0 Å². The van der Waals surface area contributed by atoms with E-state index in [1.54, 1.807) is 0 Å². The average molecular weight is 440 g/mol. The first-order valence-electron chi connectivity index (χ1n) is 10.6. The summed E-state index contributed by atoms with van der Waals surface area (Å²) in [6, 6.07) is 6.69. The van der Waals surface area contributed by atoms with Gasteiger partial charge < -0.3 is 8.98 Å². The van der Waals surface area contributed by atoms with E-state index in [0.29, 0.717) is 0 Å². The van der Waals surface area contributed by atoms with Crippen molar-refractivity contribution in [3.05, 3.63) is 35.6 Å². The van der Waals surface area contributed by atoms with Crippen LogP contribution in [0.15, 0.2) is 28.7 Å². The van der Waals surface area contributed by atoms with Gasteiger partial charge in [0.1, 0.15) is 21.9 Å². The summed E-state index contributed by atoms with van der Waals surface area (Å²) >= 11 is -1.31. The van der Waals surface area contributed by atoms with Crippen molar-refractivity contribution in [2.45, 2.75) is 102 Å². The van der Waals surface area contributed by atoms with Crippen LogP contribution in [-0.4, -0.2) is 29.9 Å². The molecular formula is C23H38FNO2SSi. The van der Waals surface area contributed by atoms with Crippen molar-refractivity contribution >= 4 is 25.9 Å². The van der Waals surface area contributed by atoms with Gasteiger partial charge in [0.2, 0.25) is 0 Å². The molecule has 0 bridgehead atoms. The molecule has 1 saturated carbocycles. The summed E-state index contributed by atoms with van der Waals surface area (Å²) in [4.78, 5) is 0. The van der Waals surface area contributed by atoms with Gasteiger partial charge >= 0.3 is 0 Å². The summed E-state index contributed by atoms with van der Waals surface area (Å²) in [5.74, 6) is -0.242. The van der Waals surface area contributed by atoms with Crippen LogP contribution in [-0.2, 0) is 21.2 Å². The molecule has 0 heterocycles. The lowest BCUT2D eigenvalue weighted by Gasteiger charge is -2.43. The second-order valence-corrected chi connectivity index (χ2v) is 17.5. The lowest BCUT2D eigenvalue weighted by Crippen LogP contribution is -2.46. The molecule has 0 radical (unpaired) electrons. The van der Waals surface area contributed by atoms with Crippen molar-refractivity contribution in [1.82, 2.24) is 0 Å². The molecule has 1 aliphatic rings. The van der Waals surface area contributed by atoms with E-state index in [-0.39, 0.29) is 22.4 Å². The average Bonchev–Trinajstić information content (AvgIpc) is 2.59. The first-order valence-corrected chi connectivity index (χ1v) is 14.6. The van der Waals surface area contributed by atoms with Crippen LogP contribution in [0.1, 0.15) is 72.8 Å². The molecule has 0 amide bonds. The molecule has 29 heavy (non-hydrogen) atoms. The van der Waals surface area contributed by atoms with Gasteiger partial charge in [-0.15, -0.1) is 0 Å². The minimum absolute atomic E-state index is 0.184. The molecule has 0 N–H and O–H groups in total. The Morgan fingerprint density at radius 3 is 2.07 bits per heavy atom. The predicted octanol–water partition coefficient (Wildman–Crippen LogP) is 6.56. The van der Waals surface area contributed by atoms with Crippen LogP contribution in [0.2, 0.25) is 18.1 Å². The van der Waals surface area contributed by atoms with Crippen LogP contribution in [0.3, 0.4) is 0 Å². The van der Waals surface area contributed by atoms with Gasteiger partial charge in [0.15, 0.2) is 8.32 Å². The Morgan fingerprint density at radius 1 is 1.10 bits per heavy atom. The monoisotopic (exact) mass is 439 g/mol. The molecule has 3 nitrogen and oxygen atoms in total. The van der Waals surface area contributed by atoms with Crippen molar-refractivity contribution in [3.8, 4) is 0 Å². The van der Waals surface area contributed by atoms with E-state index in [1.165, 1.54) is 12.1 Å². The van der Waals surface area contributed by atoms with E-state index >= 15 is 0 Å². The summed E-state index contributed by atoms with van der Waals surface area (Å²) in [6.07, 6.45) is 5.71. The van der Waals surface area contributed by atoms with Crippen LogP contribution in [0, 0.1) is 5.82 Å². The zero-order valence-electron chi connectivity index (χ0n) is 19.3. The zero-order chi connectivity index (χ0) is 22.1. The Labute approximate surface area is 181 Å². The highest BCUT2D eigenvalue weighted by Crippen LogP contribution is 2.43. The molecule has 6 heteroatoms.